The molecule has 4 heterocycles. The first-order chi connectivity index (χ1) is 16.6. The molecule has 194 valence electrons. The molecule has 9 heteroatoms. The number of carbonyl (C=O) groups excluding carboxylic acids is 3. The van der Waals surface area contributed by atoms with Gasteiger partial charge in [0.05, 0.1) is 18.6 Å². The van der Waals surface area contributed by atoms with E-state index in [0.29, 0.717) is 44.1 Å². The van der Waals surface area contributed by atoms with Gasteiger partial charge < -0.3 is 19.3 Å². The Morgan fingerprint density at radius 3 is 2.09 bits per heavy atom. The van der Waals surface area contributed by atoms with Gasteiger partial charge in [0.2, 0.25) is 0 Å². The van der Waals surface area contributed by atoms with Gasteiger partial charge in [0, 0.05) is 55.0 Å². The lowest BCUT2D eigenvalue weighted by Gasteiger charge is -2.36. The summed E-state index contributed by atoms with van der Waals surface area (Å²) in [6.07, 6.45) is 4.17. The van der Waals surface area contributed by atoms with Crippen molar-refractivity contribution >= 4 is 17.9 Å². The number of ether oxygens (including phenoxy) is 3. The number of esters is 3. The monoisotopic (exact) mass is 490 g/mol. The van der Waals surface area contributed by atoms with Crippen LogP contribution in [0.15, 0.2) is 23.8 Å². The lowest BCUT2D eigenvalue weighted by atomic mass is 10.00. The topological polar surface area (TPSA) is 106 Å². The van der Waals surface area contributed by atoms with Crippen LogP contribution in [0.1, 0.15) is 58.8 Å². The van der Waals surface area contributed by atoms with Crippen LogP contribution in [0.4, 0.5) is 0 Å². The number of hydrogen-bond acceptors (Lipinski definition) is 9. The summed E-state index contributed by atoms with van der Waals surface area (Å²) in [6.45, 7) is 7.30. The van der Waals surface area contributed by atoms with E-state index in [4.69, 9.17) is 14.2 Å². The van der Waals surface area contributed by atoms with Gasteiger partial charge in [-0.25, -0.2) is 9.59 Å². The summed E-state index contributed by atoms with van der Waals surface area (Å²) in [7, 11) is 4.00. The number of fused-ring (bicyclic) bond motifs is 4. The van der Waals surface area contributed by atoms with E-state index in [0.717, 1.165) is 0 Å². The number of aliphatic hydroxyl groups excluding tert-OH is 1. The van der Waals surface area contributed by atoms with Crippen LogP contribution in [-0.2, 0) is 28.6 Å². The van der Waals surface area contributed by atoms with E-state index in [1.807, 2.05) is 14.1 Å². The molecule has 0 amide bonds. The molecule has 1 N–H and O–H groups in total. The summed E-state index contributed by atoms with van der Waals surface area (Å²) in [5.41, 5.74) is 0.649. The maximum atomic E-state index is 12.6. The van der Waals surface area contributed by atoms with Crippen molar-refractivity contribution in [2.24, 2.45) is 0 Å². The Hall–Kier alpha value is -2.23. The van der Waals surface area contributed by atoms with Crippen LogP contribution in [0.2, 0.25) is 0 Å². The molecule has 4 fully saturated rings. The van der Waals surface area contributed by atoms with Crippen LogP contribution < -0.4 is 0 Å². The second kappa shape index (κ2) is 10.4. The lowest BCUT2D eigenvalue weighted by Crippen LogP contribution is -2.46. The third-order valence-corrected chi connectivity index (χ3v) is 8.38. The molecule has 0 aliphatic carbocycles. The predicted octanol–water partition coefficient (Wildman–Crippen LogP) is 1.73. The van der Waals surface area contributed by atoms with Crippen molar-refractivity contribution in [1.82, 2.24) is 9.80 Å². The van der Waals surface area contributed by atoms with Crippen LogP contribution in [0, 0.1) is 0 Å². The second-order valence-corrected chi connectivity index (χ2v) is 10.6. The number of likely N-dealkylation sites (N-methyl/N-ethyl adjacent to an activating group) is 2. The van der Waals surface area contributed by atoms with Crippen molar-refractivity contribution in [3.05, 3.63) is 23.8 Å². The second-order valence-electron chi connectivity index (χ2n) is 10.6. The Balaban J connectivity index is 1.25. The summed E-state index contributed by atoms with van der Waals surface area (Å²) < 4.78 is 17.1. The average Bonchev–Trinajstić information content (AvgIpc) is 3.07. The van der Waals surface area contributed by atoms with Crippen molar-refractivity contribution in [3.63, 3.8) is 0 Å². The minimum atomic E-state index is -0.586. The van der Waals surface area contributed by atoms with Crippen LogP contribution >= 0.6 is 0 Å². The van der Waals surface area contributed by atoms with Crippen LogP contribution in [-0.4, -0.2) is 95.5 Å². The standard InChI is InChI=1S/C26H38N2O7/c1-6-14(2)25(31)34-23-11-17-9-19(13-21(23)28(17)5)33-24(30)7-15(3)26(32)35-22-10-16-8-18(29)12-20(22)27(16)4/h6,16-23,29H,3,7-13H2,1-2,4-5H3/b14-6-/t16-,17+,18-,19+,20+,21-,22-,23+/m0/s1. The van der Waals surface area contributed by atoms with Crippen molar-refractivity contribution in [3.8, 4) is 0 Å². The van der Waals surface area contributed by atoms with Gasteiger partial charge in [-0.1, -0.05) is 12.7 Å². The highest BCUT2D eigenvalue weighted by Crippen LogP contribution is 2.38. The van der Waals surface area contributed by atoms with Gasteiger partial charge in [-0.15, -0.1) is 0 Å². The molecule has 4 aliphatic rings. The Kier molecular flexibility index (Phi) is 7.68. The summed E-state index contributed by atoms with van der Waals surface area (Å²) in [4.78, 5) is 41.8. The van der Waals surface area contributed by atoms with E-state index in [9.17, 15) is 19.5 Å². The molecule has 0 radical (unpaired) electrons. The molecular weight excluding hydrogens is 452 g/mol. The smallest absolute Gasteiger partial charge is 0.334 e. The fourth-order valence-electron chi connectivity index (χ4n) is 6.16. The molecule has 4 rings (SSSR count). The van der Waals surface area contributed by atoms with Crippen molar-refractivity contribution in [1.29, 1.82) is 0 Å². The number of rotatable bonds is 7. The van der Waals surface area contributed by atoms with Gasteiger partial charge in [-0.05, 0) is 40.8 Å². The number of allylic oxidation sites excluding steroid dienone is 1. The van der Waals surface area contributed by atoms with Gasteiger partial charge in [0.15, 0.2) is 0 Å². The number of aliphatic hydroxyl groups is 1. The summed E-state index contributed by atoms with van der Waals surface area (Å²) in [6, 6.07) is 0.338. The minimum absolute atomic E-state index is 0.0117. The van der Waals surface area contributed by atoms with Crippen LogP contribution in [0.25, 0.3) is 0 Å². The third-order valence-electron chi connectivity index (χ3n) is 8.38. The highest BCUT2D eigenvalue weighted by atomic mass is 16.6. The van der Waals surface area contributed by atoms with Crippen LogP contribution in [0.5, 0.6) is 0 Å². The maximum absolute atomic E-state index is 12.6. The summed E-state index contributed by atoms with van der Waals surface area (Å²) in [5.74, 6) is -1.40. The predicted molar refractivity (Wildman–Crippen MR) is 127 cm³/mol. The van der Waals surface area contributed by atoms with E-state index in [1.54, 1.807) is 19.9 Å². The molecule has 4 aliphatic heterocycles. The van der Waals surface area contributed by atoms with Gasteiger partial charge >= 0.3 is 17.9 Å². The van der Waals surface area contributed by atoms with E-state index >= 15 is 0 Å². The Bertz CT molecular complexity index is 902. The first-order valence-electron chi connectivity index (χ1n) is 12.6. The molecule has 0 aromatic rings. The lowest BCUT2D eigenvalue weighted by molar-refractivity contribution is -0.156. The molecular formula is C26H38N2O7. The molecule has 0 spiro atoms. The Morgan fingerprint density at radius 1 is 0.886 bits per heavy atom. The molecule has 0 aromatic carbocycles. The SMILES string of the molecule is C=C(CC(=O)O[C@@H]1C[C@@H]2C[C@@H](OC(=O)/C(C)=C\C)[C@H](C1)N2C)C(=O)O[C@H]1C[C@@H]2C[C@H](O)C[C@H]1N2C. The van der Waals surface area contributed by atoms with Crippen LogP contribution in [0.3, 0.4) is 0 Å². The van der Waals surface area contributed by atoms with E-state index < -0.39 is 11.9 Å². The number of piperidine rings is 2. The fraction of sp³-hybridized carbons (Fsp3) is 0.731. The van der Waals surface area contributed by atoms with Gasteiger partial charge in [-0.3, -0.25) is 14.6 Å². The molecule has 8 atom stereocenters. The zero-order valence-electron chi connectivity index (χ0n) is 21.1. The largest absolute Gasteiger partial charge is 0.462 e. The molecule has 0 aromatic heterocycles. The molecule has 4 saturated heterocycles. The van der Waals surface area contributed by atoms with Gasteiger partial charge in [-0.2, -0.15) is 0 Å². The third kappa shape index (κ3) is 5.47. The average molecular weight is 491 g/mol. The van der Waals surface area contributed by atoms with E-state index in [1.165, 1.54) is 0 Å². The zero-order chi connectivity index (χ0) is 25.4. The highest BCUT2D eigenvalue weighted by Gasteiger charge is 2.48. The zero-order valence-corrected chi connectivity index (χ0v) is 21.1. The van der Waals surface area contributed by atoms with E-state index in [2.05, 4.69) is 16.4 Å². The maximum Gasteiger partial charge on any atom is 0.334 e. The molecule has 35 heavy (non-hydrogen) atoms. The molecule has 9 nitrogen and oxygen atoms in total. The van der Waals surface area contributed by atoms with Gasteiger partial charge in [0.1, 0.15) is 18.3 Å². The highest BCUT2D eigenvalue weighted by molar-refractivity contribution is 5.93. The summed E-state index contributed by atoms with van der Waals surface area (Å²) >= 11 is 0. The first kappa shape index (κ1) is 25.9. The fourth-order valence-corrected chi connectivity index (χ4v) is 6.16. The summed E-state index contributed by atoms with van der Waals surface area (Å²) in [5, 5.41) is 10.0. The van der Waals surface area contributed by atoms with Crippen molar-refractivity contribution in [2.75, 3.05) is 14.1 Å². The number of nitrogens with zero attached hydrogens (tertiary/aromatic N) is 2. The molecule has 0 unspecified atom stereocenters. The van der Waals surface area contributed by atoms with Gasteiger partial charge in [0.25, 0.3) is 0 Å². The quantitative estimate of drug-likeness (QED) is 0.324. The number of carbonyl (C=O) groups is 3. The number of hydrogen-bond donors (Lipinski definition) is 1. The van der Waals surface area contributed by atoms with Crippen molar-refractivity contribution in [2.45, 2.75) is 107 Å². The van der Waals surface area contributed by atoms with E-state index in [-0.39, 0.29) is 66.5 Å². The molecule has 0 saturated carbocycles. The minimum Gasteiger partial charge on any atom is -0.462 e. The first-order valence-corrected chi connectivity index (χ1v) is 12.6. The van der Waals surface area contributed by atoms with Crippen molar-refractivity contribution < 1.29 is 33.7 Å². The Labute approximate surface area is 207 Å². The molecule has 4 bridgehead atoms. The Morgan fingerprint density at radius 2 is 1.46 bits per heavy atom. The normalized spacial score (nSPS) is 37.1.